The summed E-state index contributed by atoms with van der Waals surface area (Å²) in [6.07, 6.45) is 2.74. The fourth-order valence-electron chi connectivity index (χ4n) is 2.78. The van der Waals surface area contributed by atoms with Crippen molar-refractivity contribution in [3.63, 3.8) is 0 Å². The van der Waals surface area contributed by atoms with Crippen molar-refractivity contribution in [1.29, 1.82) is 0 Å². The first kappa shape index (κ1) is 12.7. The summed E-state index contributed by atoms with van der Waals surface area (Å²) in [4.78, 5) is 10.1. The molecular formula is C17H15N3S. The molecule has 21 heavy (non-hydrogen) atoms. The van der Waals surface area contributed by atoms with Gasteiger partial charge in [-0.05, 0) is 30.2 Å². The average molecular weight is 293 g/mol. The highest BCUT2D eigenvalue weighted by atomic mass is 32.2. The van der Waals surface area contributed by atoms with E-state index in [9.17, 15) is 0 Å². The maximum absolute atomic E-state index is 4.44. The van der Waals surface area contributed by atoms with E-state index in [4.69, 9.17) is 0 Å². The monoisotopic (exact) mass is 293 g/mol. The molecule has 2 aromatic carbocycles. The van der Waals surface area contributed by atoms with E-state index in [2.05, 4.69) is 45.6 Å². The van der Waals surface area contributed by atoms with E-state index in [1.54, 1.807) is 6.33 Å². The van der Waals surface area contributed by atoms with Crippen LogP contribution in [0, 0.1) is 0 Å². The molecule has 2 heterocycles. The van der Waals surface area contributed by atoms with Gasteiger partial charge in [-0.3, -0.25) is 0 Å². The molecule has 3 nitrogen and oxygen atoms in total. The summed E-state index contributed by atoms with van der Waals surface area (Å²) in [5, 5.41) is 4.69. The van der Waals surface area contributed by atoms with Gasteiger partial charge in [0.2, 0.25) is 0 Å². The summed E-state index contributed by atoms with van der Waals surface area (Å²) in [6, 6.07) is 17.1. The first-order valence-electron chi connectivity index (χ1n) is 7.10. The fourth-order valence-corrected chi connectivity index (χ4v) is 3.90. The first-order chi connectivity index (χ1) is 10.4. The van der Waals surface area contributed by atoms with Gasteiger partial charge in [-0.25, -0.2) is 9.97 Å². The molecule has 104 valence electrons. The highest BCUT2D eigenvalue weighted by Gasteiger charge is 2.21. The zero-order valence-electron chi connectivity index (χ0n) is 11.5. The highest BCUT2D eigenvalue weighted by molar-refractivity contribution is 7.99. The summed E-state index contributed by atoms with van der Waals surface area (Å²) in [6.45, 7) is 0. The van der Waals surface area contributed by atoms with Gasteiger partial charge in [0, 0.05) is 16.0 Å². The minimum atomic E-state index is 0.320. The predicted octanol–water partition coefficient (Wildman–Crippen LogP) is 4.28. The SMILES string of the molecule is c1ccc2c(c1)SCC[C@@H]2Nc1ncnc2ccccc12. The standard InChI is InChI=1S/C17H15N3S/c1-3-7-14-13(6-1)17(19-11-18-14)20-15-9-10-21-16-8-4-2-5-12(15)16/h1-8,11,15H,9-10H2,(H,18,19,20)/t15-/m0/s1. The Kier molecular flexibility index (Phi) is 3.24. The number of thioether (sulfide) groups is 1. The lowest BCUT2D eigenvalue weighted by atomic mass is 10.0. The van der Waals surface area contributed by atoms with Crippen LogP contribution in [0.2, 0.25) is 0 Å². The Hall–Kier alpha value is -2.07. The Bertz CT molecular complexity index is 782. The molecule has 1 aromatic heterocycles. The van der Waals surface area contributed by atoms with Gasteiger partial charge in [0.1, 0.15) is 12.1 Å². The van der Waals surface area contributed by atoms with Crippen molar-refractivity contribution in [3.8, 4) is 0 Å². The van der Waals surface area contributed by atoms with Crippen LogP contribution >= 0.6 is 11.8 Å². The first-order valence-corrected chi connectivity index (χ1v) is 8.08. The van der Waals surface area contributed by atoms with E-state index < -0.39 is 0 Å². The summed E-state index contributed by atoms with van der Waals surface area (Å²) < 4.78 is 0. The molecule has 1 aliphatic heterocycles. The molecule has 0 saturated heterocycles. The molecule has 0 saturated carbocycles. The van der Waals surface area contributed by atoms with Gasteiger partial charge in [0.05, 0.1) is 11.6 Å². The van der Waals surface area contributed by atoms with Crippen molar-refractivity contribution in [2.45, 2.75) is 17.4 Å². The van der Waals surface area contributed by atoms with Crippen molar-refractivity contribution in [1.82, 2.24) is 9.97 Å². The molecule has 1 atom stereocenters. The number of aromatic nitrogens is 2. The second-order valence-electron chi connectivity index (χ2n) is 5.11. The van der Waals surface area contributed by atoms with E-state index in [0.29, 0.717) is 6.04 Å². The topological polar surface area (TPSA) is 37.8 Å². The largest absolute Gasteiger partial charge is 0.363 e. The molecule has 4 rings (SSSR count). The van der Waals surface area contributed by atoms with Crippen molar-refractivity contribution in [3.05, 3.63) is 60.4 Å². The molecule has 0 aliphatic carbocycles. The van der Waals surface area contributed by atoms with Crippen molar-refractivity contribution < 1.29 is 0 Å². The number of hydrogen-bond donors (Lipinski definition) is 1. The molecule has 0 spiro atoms. The third-order valence-corrected chi connectivity index (χ3v) is 4.93. The molecule has 0 amide bonds. The summed E-state index contributed by atoms with van der Waals surface area (Å²) in [5.74, 6) is 2.06. The third-order valence-electron chi connectivity index (χ3n) is 3.81. The molecule has 0 unspecified atom stereocenters. The van der Waals surface area contributed by atoms with Gasteiger partial charge in [0.15, 0.2) is 0 Å². The van der Waals surface area contributed by atoms with E-state index >= 15 is 0 Å². The van der Waals surface area contributed by atoms with Crippen LogP contribution in [0.1, 0.15) is 18.0 Å². The zero-order valence-corrected chi connectivity index (χ0v) is 12.3. The molecule has 1 aliphatic rings. The summed E-state index contributed by atoms with van der Waals surface area (Å²) >= 11 is 1.93. The van der Waals surface area contributed by atoms with Crippen LogP contribution < -0.4 is 5.32 Å². The molecule has 0 bridgehead atoms. The van der Waals surface area contributed by atoms with Crippen molar-refractivity contribution in [2.24, 2.45) is 0 Å². The quantitative estimate of drug-likeness (QED) is 0.765. The molecule has 0 fully saturated rings. The minimum Gasteiger partial charge on any atom is -0.363 e. The molecule has 0 radical (unpaired) electrons. The van der Waals surface area contributed by atoms with Gasteiger partial charge < -0.3 is 5.32 Å². The van der Waals surface area contributed by atoms with Crippen LogP contribution in [0.4, 0.5) is 5.82 Å². The lowest BCUT2D eigenvalue weighted by Gasteiger charge is -2.26. The van der Waals surface area contributed by atoms with Gasteiger partial charge in [0.25, 0.3) is 0 Å². The number of rotatable bonds is 2. The van der Waals surface area contributed by atoms with Gasteiger partial charge in [-0.15, -0.1) is 11.8 Å². The second-order valence-corrected chi connectivity index (χ2v) is 6.25. The normalized spacial score (nSPS) is 17.4. The zero-order chi connectivity index (χ0) is 14.1. The lowest BCUT2D eigenvalue weighted by Crippen LogP contribution is -2.17. The fraction of sp³-hybridized carbons (Fsp3) is 0.176. The van der Waals surface area contributed by atoms with E-state index in [-0.39, 0.29) is 0 Å². The Labute approximate surface area is 127 Å². The number of anilines is 1. The van der Waals surface area contributed by atoms with Crippen LogP contribution in [0.25, 0.3) is 10.9 Å². The lowest BCUT2D eigenvalue weighted by molar-refractivity contribution is 0.725. The maximum atomic E-state index is 4.44. The number of fused-ring (bicyclic) bond motifs is 2. The number of benzene rings is 2. The van der Waals surface area contributed by atoms with E-state index in [0.717, 1.165) is 28.9 Å². The van der Waals surface area contributed by atoms with Crippen LogP contribution in [0.15, 0.2) is 59.8 Å². The molecular weight excluding hydrogens is 278 g/mol. The number of nitrogens with one attached hydrogen (secondary N) is 1. The van der Waals surface area contributed by atoms with Gasteiger partial charge in [-0.1, -0.05) is 30.3 Å². The predicted molar refractivity (Wildman–Crippen MR) is 87.7 cm³/mol. The van der Waals surface area contributed by atoms with Crippen LogP contribution in [0.5, 0.6) is 0 Å². The van der Waals surface area contributed by atoms with Gasteiger partial charge in [-0.2, -0.15) is 0 Å². The molecule has 4 heteroatoms. The molecule has 1 N–H and O–H groups in total. The highest BCUT2D eigenvalue weighted by Crippen LogP contribution is 2.38. The Morgan fingerprint density at radius 2 is 1.86 bits per heavy atom. The van der Waals surface area contributed by atoms with Crippen molar-refractivity contribution >= 4 is 28.5 Å². The van der Waals surface area contributed by atoms with Crippen molar-refractivity contribution in [2.75, 3.05) is 11.1 Å². The Morgan fingerprint density at radius 3 is 2.86 bits per heavy atom. The van der Waals surface area contributed by atoms with Crippen LogP contribution in [-0.4, -0.2) is 15.7 Å². The molecule has 3 aromatic rings. The maximum Gasteiger partial charge on any atom is 0.137 e. The number of nitrogens with zero attached hydrogens (tertiary/aromatic N) is 2. The third kappa shape index (κ3) is 2.36. The number of hydrogen-bond acceptors (Lipinski definition) is 4. The van der Waals surface area contributed by atoms with Crippen LogP contribution in [0.3, 0.4) is 0 Å². The minimum absolute atomic E-state index is 0.320. The van der Waals surface area contributed by atoms with Gasteiger partial charge >= 0.3 is 0 Å². The average Bonchev–Trinajstić information content (AvgIpc) is 2.56. The Balaban J connectivity index is 1.73. The summed E-state index contributed by atoms with van der Waals surface area (Å²) in [7, 11) is 0. The second kappa shape index (κ2) is 5.37. The Morgan fingerprint density at radius 1 is 1.00 bits per heavy atom. The van der Waals surface area contributed by atoms with E-state index in [1.165, 1.54) is 10.5 Å². The van der Waals surface area contributed by atoms with Crippen LogP contribution in [-0.2, 0) is 0 Å². The number of para-hydroxylation sites is 1. The smallest absolute Gasteiger partial charge is 0.137 e. The summed E-state index contributed by atoms with van der Waals surface area (Å²) in [5.41, 5.74) is 2.35. The van der Waals surface area contributed by atoms with E-state index in [1.807, 2.05) is 30.0 Å².